The fourth-order valence-electron chi connectivity index (χ4n) is 1.26. The lowest BCUT2D eigenvalue weighted by molar-refractivity contribution is -0.137. The minimum Gasteiger partial charge on any atom is -0.462 e. The first kappa shape index (κ1) is 12.5. The second-order valence-corrected chi connectivity index (χ2v) is 3.82. The van der Waals surface area contributed by atoms with E-state index in [1.165, 1.54) is 12.2 Å². The van der Waals surface area contributed by atoms with Crippen LogP contribution in [0.2, 0.25) is 0 Å². The molecule has 1 heterocycles. The van der Waals surface area contributed by atoms with Gasteiger partial charge in [-0.1, -0.05) is 11.1 Å². The summed E-state index contributed by atoms with van der Waals surface area (Å²) in [5.41, 5.74) is 1.69. The van der Waals surface area contributed by atoms with Crippen LogP contribution in [-0.2, 0) is 19.1 Å². The van der Waals surface area contributed by atoms with Crippen LogP contribution in [0, 0.1) is 0 Å². The molecule has 0 fully saturated rings. The lowest BCUT2D eigenvalue weighted by Crippen LogP contribution is -2.08. The second-order valence-electron chi connectivity index (χ2n) is 3.82. The van der Waals surface area contributed by atoms with Crippen LogP contribution in [0.4, 0.5) is 0 Å². The molecule has 1 aliphatic heterocycles. The first-order chi connectivity index (χ1) is 7.58. The first-order valence-electron chi connectivity index (χ1n) is 5.26. The molecule has 1 rings (SSSR count). The predicted molar refractivity (Wildman–Crippen MR) is 58.7 cm³/mol. The quantitative estimate of drug-likeness (QED) is 0.588. The Morgan fingerprint density at radius 3 is 1.62 bits per heavy atom. The molecule has 0 saturated heterocycles. The summed E-state index contributed by atoms with van der Waals surface area (Å²) in [4.78, 5) is 22.5. The fourth-order valence-corrected chi connectivity index (χ4v) is 1.26. The number of hydrogen-bond donors (Lipinski definition) is 0. The Kier molecular flexibility index (Phi) is 4.76. The van der Waals surface area contributed by atoms with Crippen molar-refractivity contribution >= 4 is 11.9 Å². The Balaban J connectivity index is 2.66. The Morgan fingerprint density at radius 1 is 0.875 bits per heavy atom. The Labute approximate surface area is 94.9 Å². The summed E-state index contributed by atoms with van der Waals surface area (Å²) >= 11 is 0. The maximum Gasteiger partial charge on any atom is 0.330 e. The molecule has 0 radical (unpaired) electrons. The molecule has 0 atom stereocenters. The van der Waals surface area contributed by atoms with E-state index in [1.807, 2.05) is 13.8 Å². The van der Waals surface area contributed by atoms with Gasteiger partial charge in [-0.3, -0.25) is 0 Å². The van der Waals surface area contributed by atoms with E-state index in [9.17, 15) is 9.59 Å². The van der Waals surface area contributed by atoms with Gasteiger partial charge in [0, 0.05) is 25.0 Å². The summed E-state index contributed by atoms with van der Waals surface area (Å²) < 4.78 is 9.97. The van der Waals surface area contributed by atoms with Crippen LogP contribution in [0.3, 0.4) is 0 Å². The number of esters is 2. The molecule has 0 aromatic rings. The van der Waals surface area contributed by atoms with Crippen molar-refractivity contribution in [2.24, 2.45) is 0 Å². The Morgan fingerprint density at radius 2 is 1.25 bits per heavy atom. The third-order valence-electron chi connectivity index (χ3n) is 2.21. The number of hydrogen-bond acceptors (Lipinski definition) is 4. The highest BCUT2D eigenvalue weighted by atomic mass is 16.5. The summed E-state index contributed by atoms with van der Waals surface area (Å²) in [6.45, 7) is 4.19. The smallest absolute Gasteiger partial charge is 0.330 e. The maximum absolute atomic E-state index is 11.3. The van der Waals surface area contributed by atoms with Gasteiger partial charge in [-0.2, -0.15) is 0 Å². The summed E-state index contributed by atoms with van der Waals surface area (Å²) in [5.74, 6) is -0.672. The van der Waals surface area contributed by atoms with E-state index in [2.05, 4.69) is 0 Å². The summed E-state index contributed by atoms with van der Waals surface area (Å²) in [6, 6.07) is 0. The zero-order valence-electron chi connectivity index (χ0n) is 9.62. The van der Waals surface area contributed by atoms with E-state index in [0.717, 1.165) is 11.1 Å². The van der Waals surface area contributed by atoms with Crippen molar-refractivity contribution in [2.75, 3.05) is 13.2 Å². The van der Waals surface area contributed by atoms with Crippen LogP contribution in [0.25, 0.3) is 0 Å². The minimum absolute atomic E-state index is 0.290. The highest BCUT2D eigenvalue weighted by Gasteiger charge is 2.05. The minimum atomic E-state index is -0.336. The van der Waals surface area contributed by atoms with Crippen LogP contribution < -0.4 is 0 Å². The molecule has 0 unspecified atom stereocenters. The third-order valence-corrected chi connectivity index (χ3v) is 2.21. The van der Waals surface area contributed by atoms with Gasteiger partial charge in [0.1, 0.15) is 0 Å². The number of carbonyl (C=O) groups excluding carboxylic acids is 2. The monoisotopic (exact) mass is 224 g/mol. The van der Waals surface area contributed by atoms with Gasteiger partial charge in [0.05, 0.1) is 13.2 Å². The lowest BCUT2D eigenvalue weighted by Gasteiger charge is -2.07. The number of carbonyl (C=O) groups is 2. The second kappa shape index (κ2) is 6.10. The third kappa shape index (κ3) is 4.77. The molecule has 0 aliphatic carbocycles. The van der Waals surface area contributed by atoms with Crippen LogP contribution in [0.1, 0.15) is 26.7 Å². The van der Waals surface area contributed by atoms with Gasteiger partial charge in [0.25, 0.3) is 0 Å². The van der Waals surface area contributed by atoms with Gasteiger partial charge in [-0.25, -0.2) is 9.59 Å². The van der Waals surface area contributed by atoms with E-state index in [-0.39, 0.29) is 25.2 Å². The SMILES string of the molecule is CC1=CC(=O)OCCC(C)=CC(=O)OCC1. The average molecular weight is 224 g/mol. The summed E-state index contributed by atoms with van der Waals surface area (Å²) in [5, 5.41) is 0. The van der Waals surface area contributed by atoms with Crippen LogP contribution >= 0.6 is 0 Å². The highest BCUT2D eigenvalue weighted by Crippen LogP contribution is 2.06. The van der Waals surface area contributed by atoms with Crippen LogP contribution in [0.15, 0.2) is 23.3 Å². The van der Waals surface area contributed by atoms with E-state index >= 15 is 0 Å². The molecule has 88 valence electrons. The zero-order chi connectivity index (χ0) is 12.0. The van der Waals surface area contributed by atoms with E-state index in [4.69, 9.17) is 9.47 Å². The lowest BCUT2D eigenvalue weighted by atomic mass is 10.2. The van der Waals surface area contributed by atoms with Crippen molar-refractivity contribution in [3.8, 4) is 0 Å². The number of cyclic esters (lactones) is 2. The molecule has 0 aromatic heterocycles. The van der Waals surface area contributed by atoms with Gasteiger partial charge < -0.3 is 9.47 Å². The Hall–Kier alpha value is -1.58. The van der Waals surface area contributed by atoms with Crippen molar-refractivity contribution in [1.29, 1.82) is 0 Å². The van der Waals surface area contributed by atoms with E-state index < -0.39 is 0 Å². The first-order valence-corrected chi connectivity index (χ1v) is 5.26. The molecule has 4 heteroatoms. The van der Waals surface area contributed by atoms with Crippen molar-refractivity contribution in [3.63, 3.8) is 0 Å². The van der Waals surface area contributed by atoms with Crippen molar-refractivity contribution in [3.05, 3.63) is 23.3 Å². The van der Waals surface area contributed by atoms with Gasteiger partial charge in [0.15, 0.2) is 0 Å². The molecule has 16 heavy (non-hydrogen) atoms. The average Bonchev–Trinajstić information content (AvgIpc) is 2.15. The van der Waals surface area contributed by atoms with Gasteiger partial charge in [0.2, 0.25) is 0 Å². The van der Waals surface area contributed by atoms with Gasteiger partial charge in [-0.15, -0.1) is 0 Å². The normalized spacial score (nSPS) is 19.6. The zero-order valence-corrected chi connectivity index (χ0v) is 9.62. The maximum atomic E-state index is 11.3. The molecular formula is C12H16O4. The van der Waals surface area contributed by atoms with Crippen molar-refractivity contribution in [1.82, 2.24) is 0 Å². The van der Waals surface area contributed by atoms with E-state index in [0.29, 0.717) is 12.8 Å². The summed E-state index contributed by atoms with van der Waals surface area (Å²) in [6.07, 6.45) is 3.98. The molecule has 0 spiro atoms. The highest BCUT2D eigenvalue weighted by molar-refractivity contribution is 5.83. The molecule has 0 saturated carbocycles. The summed E-state index contributed by atoms with van der Waals surface area (Å²) in [7, 11) is 0. The van der Waals surface area contributed by atoms with E-state index in [1.54, 1.807) is 0 Å². The number of rotatable bonds is 0. The molecule has 1 aliphatic rings. The van der Waals surface area contributed by atoms with Crippen LogP contribution in [0.5, 0.6) is 0 Å². The predicted octanol–water partition coefficient (Wildman–Crippen LogP) is 1.76. The number of ether oxygens (including phenoxy) is 2. The molecular weight excluding hydrogens is 208 g/mol. The van der Waals surface area contributed by atoms with Gasteiger partial charge in [-0.05, 0) is 13.8 Å². The largest absolute Gasteiger partial charge is 0.462 e. The molecule has 4 nitrogen and oxygen atoms in total. The molecule has 0 N–H and O–H groups in total. The topological polar surface area (TPSA) is 52.6 Å². The van der Waals surface area contributed by atoms with Crippen molar-refractivity contribution in [2.45, 2.75) is 26.7 Å². The van der Waals surface area contributed by atoms with Crippen molar-refractivity contribution < 1.29 is 19.1 Å². The Bertz CT molecular complexity index is 305. The molecule has 0 amide bonds. The molecule has 0 aromatic carbocycles. The van der Waals surface area contributed by atoms with Crippen LogP contribution in [-0.4, -0.2) is 25.2 Å². The fraction of sp³-hybridized carbons (Fsp3) is 0.500. The standard InChI is InChI=1S/C12H16O4/c1-9-3-5-15-12(14)8-10(2)4-6-16-11(13)7-9/h7-8H,3-6H2,1-2H3. The van der Waals surface area contributed by atoms with Gasteiger partial charge >= 0.3 is 11.9 Å². The molecule has 0 bridgehead atoms.